The van der Waals surface area contributed by atoms with Crippen LogP contribution in [0.1, 0.15) is 41.1 Å². The lowest BCUT2D eigenvalue weighted by molar-refractivity contribution is -0.139. The molecule has 3 aromatic rings. The van der Waals surface area contributed by atoms with Crippen LogP contribution in [0.5, 0.6) is 5.75 Å². The van der Waals surface area contributed by atoms with E-state index in [-0.39, 0.29) is 17.9 Å². The first-order chi connectivity index (χ1) is 16.1. The van der Waals surface area contributed by atoms with Crippen molar-refractivity contribution in [2.45, 2.75) is 25.9 Å². The Morgan fingerprint density at radius 3 is 2.73 bits per heavy atom. The first-order valence-electron chi connectivity index (χ1n) is 11.3. The molecule has 1 unspecified atom stereocenters. The first-order valence-corrected chi connectivity index (χ1v) is 11.3. The molecule has 1 aliphatic heterocycles. The second kappa shape index (κ2) is 10.4. The number of nitrogens with one attached hydrogen (secondary N) is 1. The van der Waals surface area contributed by atoms with E-state index in [0.717, 1.165) is 22.2 Å². The molecule has 7 heteroatoms. The normalized spacial score (nSPS) is 15.9. The highest BCUT2D eigenvalue weighted by atomic mass is 16.5. The predicted molar refractivity (Wildman–Crippen MR) is 126 cm³/mol. The molecule has 33 heavy (non-hydrogen) atoms. The van der Waals surface area contributed by atoms with E-state index in [1.165, 1.54) is 0 Å². The number of ether oxygens (including phenoxy) is 2. The molecule has 0 radical (unpaired) electrons. The highest BCUT2D eigenvalue weighted by Crippen LogP contribution is 2.26. The zero-order valence-corrected chi connectivity index (χ0v) is 19.0. The van der Waals surface area contributed by atoms with Gasteiger partial charge in [0.1, 0.15) is 11.9 Å². The van der Waals surface area contributed by atoms with Gasteiger partial charge in [-0.25, -0.2) is 4.98 Å². The zero-order chi connectivity index (χ0) is 23.2. The smallest absolute Gasteiger partial charge is 0.251 e. The van der Waals surface area contributed by atoms with E-state index in [9.17, 15) is 9.59 Å². The highest BCUT2D eigenvalue weighted by Gasteiger charge is 2.27. The first kappa shape index (κ1) is 22.7. The van der Waals surface area contributed by atoms with Gasteiger partial charge in [-0.15, -0.1) is 0 Å². The minimum absolute atomic E-state index is 0.0875. The Balaban J connectivity index is 1.45. The lowest BCUT2D eigenvalue weighted by Gasteiger charge is -2.33. The summed E-state index contributed by atoms with van der Waals surface area (Å²) in [6.07, 6.45) is 0.721. The van der Waals surface area contributed by atoms with Crippen LogP contribution in [-0.2, 0) is 16.0 Å². The number of carbonyl (C=O) groups is 2. The Labute approximate surface area is 193 Å². The zero-order valence-electron chi connectivity index (χ0n) is 19.0. The van der Waals surface area contributed by atoms with E-state index in [2.05, 4.69) is 5.32 Å². The topological polar surface area (TPSA) is 80.8 Å². The van der Waals surface area contributed by atoms with Crippen molar-refractivity contribution in [2.75, 3.05) is 33.4 Å². The molecule has 1 aliphatic rings. The standard InChI is InChI=1S/C26H29N3O4/c1-3-32-19-11-8-18(9-12-19)10-13-25(30)29-14-15-33-24(17-29)23-16-21(26(31)27-2)20-6-4-5-7-22(20)28-23/h4-9,11-12,16,24H,3,10,13-15,17H2,1-2H3,(H,27,31). The molecular formula is C26H29N3O4. The number of carbonyl (C=O) groups excluding carboxylic acids is 2. The summed E-state index contributed by atoms with van der Waals surface area (Å²) in [6, 6.07) is 17.2. The molecule has 0 spiro atoms. The lowest BCUT2D eigenvalue weighted by atomic mass is 10.0. The lowest BCUT2D eigenvalue weighted by Crippen LogP contribution is -2.42. The predicted octanol–water partition coefficient (Wildman–Crippen LogP) is 3.53. The van der Waals surface area contributed by atoms with Gasteiger partial charge in [0.2, 0.25) is 5.91 Å². The van der Waals surface area contributed by atoms with Crippen molar-refractivity contribution in [2.24, 2.45) is 0 Å². The van der Waals surface area contributed by atoms with Crippen molar-refractivity contribution in [3.8, 4) is 5.75 Å². The summed E-state index contributed by atoms with van der Waals surface area (Å²) >= 11 is 0. The number of morpholine rings is 1. The van der Waals surface area contributed by atoms with Crippen molar-refractivity contribution in [1.82, 2.24) is 15.2 Å². The van der Waals surface area contributed by atoms with Crippen molar-refractivity contribution >= 4 is 22.7 Å². The average molecular weight is 448 g/mol. The molecular weight excluding hydrogens is 418 g/mol. The molecule has 2 heterocycles. The molecule has 0 bridgehead atoms. The molecule has 1 N–H and O–H groups in total. The summed E-state index contributed by atoms with van der Waals surface area (Å²) in [4.78, 5) is 31.9. The third-order valence-electron chi connectivity index (χ3n) is 5.82. The largest absolute Gasteiger partial charge is 0.494 e. The number of hydrogen-bond donors (Lipinski definition) is 1. The molecule has 4 rings (SSSR count). The van der Waals surface area contributed by atoms with Crippen LogP contribution in [0.4, 0.5) is 0 Å². The molecule has 1 saturated heterocycles. The number of pyridine rings is 1. The number of amides is 2. The molecule has 2 amide bonds. The average Bonchev–Trinajstić information content (AvgIpc) is 2.87. The van der Waals surface area contributed by atoms with Crippen molar-refractivity contribution in [3.63, 3.8) is 0 Å². The van der Waals surface area contributed by atoms with E-state index >= 15 is 0 Å². The maximum atomic E-state index is 12.9. The van der Waals surface area contributed by atoms with Gasteiger partial charge < -0.3 is 19.7 Å². The van der Waals surface area contributed by atoms with Crippen LogP contribution in [0, 0.1) is 0 Å². The summed E-state index contributed by atoms with van der Waals surface area (Å²) < 4.78 is 11.4. The number of para-hydroxylation sites is 1. The van der Waals surface area contributed by atoms with Gasteiger partial charge in [-0.05, 0) is 43.2 Å². The second-order valence-corrected chi connectivity index (χ2v) is 7.97. The van der Waals surface area contributed by atoms with Gasteiger partial charge in [-0.3, -0.25) is 9.59 Å². The van der Waals surface area contributed by atoms with Crippen LogP contribution in [0.15, 0.2) is 54.6 Å². The van der Waals surface area contributed by atoms with Gasteiger partial charge in [0.25, 0.3) is 5.91 Å². The third-order valence-corrected chi connectivity index (χ3v) is 5.82. The number of hydrogen-bond acceptors (Lipinski definition) is 5. The Kier molecular flexibility index (Phi) is 7.19. The number of benzene rings is 2. The summed E-state index contributed by atoms with van der Waals surface area (Å²) in [7, 11) is 1.61. The van der Waals surface area contributed by atoms with E-state index < -0.39 is 0 Å². The van der Waals surface area contributed by atoms with Gasteiger partial charge in [0, 0.05) is 25.4 Å². The maximum absolute atomic E-state index is 12.9. The summed E-state index contributed by atoms with van der Waals surface area (Å²) in [5.74, 6) is 0.751. The van der Waals surface area contributed by atoms with E-state index in [1.807, 2.05) is 60.4 Å². The summed E-state index contributed by atoms with van der Waals surface area (Å²) in [5, 5.41) is 3.48. The molecule has 1 aromatic heterocycles. The van der Waals surface area contributed by atoms with Crippen molar-refractivity contribution in [1.29, 1.82) is 0 Å². The van der Waals surface area contributed by atoms with Crippen LogP contribution < -0.4 is 10.1 Å². The number of rotatable bonds is 7. The van der Waals surface area contributed by atoms with E-state index in [1.54, 1.807) is 13.1 Å². The Morgan fingerprint density at radius 2 is 1.97 bits per heavy atom. The van der Waals surface area contributed by atoms with Crippen LogP contribution in [0.2, 0.25) is 0 Å². The molecule has 2 aromatic carbocycles. The molecule has 0 aliphatic carbocycles. The van der Waals surface area contributed by atoms with Gasteiger partial charge in [0.15, 0.2) is 0 Å². The number of nitrogens with zero attached hydrogens (tertiary/aromatic N) is 2. The van der Waals surface area contributed by atoms with Gasteiger partial charge in [-0.2, -0.15) is 0 Å². The van der Waals surface area contributed by atoms with Crippen LogP contribution >= 0.6 is 0 Å². The summed E-state index contributed by atoms with van der Waals surface area (Å²) in [5.41, 5.74) is 3.05. The van der Waals surface area contributed by atoms with Gasteiger partial charge in [0.05, 0.1) is 36.5 Å². The molecule has 172 valence electrons. The number of aromatic nitrogens is 1. The molecule has 1 fully saturated rings. The maximum Gasteiger partial charge on any atom is 0.251 e. The molecule has 0 saturated carbocycles. The minimum atomic E-state index is -0.374. The van der Waals surface area contributed by atoms with E-state index in [0.29, 0.717) is 50.4 Å². The summed E-state index contributed by atoms with van der Waals surface area (Å²) in [6.45, 7) is 3.99. The van der Waals surface area contributed by atoms with Crippen LogP contribution in [0.3, 0.4) is 0 Å². The van der Waals surface area contributed by atoms with E-state index in [4.69, 9.17) is 14.5 Å². The van der Waals surface area contributed by atoms with Crippen molar-refractivity contribution < 1.29 is 19.1 Å². The fourth-order valence-corrected chi connectivity index (χ4v) is 4.07. The Hall–Kier alpha value is -3.45. The Bertz CT molecular complexity index is 1130. The van der Waals surface area contributed by atoms with Gasteiger partial charge in [-0.1, -0.05) is 30.3 Å². The monoisotopic (exact) mass is 447 g/mol. The third kappa shape index (κ3) is 5.31. The van der Waals surface area contributed by atoms with Crippen molar-refractivity contribution in [3.05, 3.63) is 71.4 Å². The number of aryl methyl sites for hydroxylation is 1. The minimum Gasteiger partial charge on any atom is -0.494 e. The van der Waals surface area contributed by atoms with Gasteiger partial charge >= 0.3 is 0 Å². The van der Waals surface area contributed by atoms with Crippen LogP contribution in [0.25, 0.3) is 10.9 Å². The fourth-order valence-electron chi connectivity index (χ4n) is 4.07. The highest BCUT2D eigenvalue weighted by molar-refractivity contribution is 6.06. The quantitative estimate of drug-likeness (QED) is 0.599. The Morgan fingerprint density at radius 1 is 1.18 bits per heavy atom. The molecule has 1 atom stereocenters. The van der Waals surface area contributed by atoms with Crippen LogP contribution in [-0.4, -0.2) is 55.0 Å². The SMILES string of the molecule is CCOc1ccc(CCC(=O)N2CCOC(c3cc(C(=O)NC)c4ccccc4n3)C2)cc1. The fraction of sp³-hybridized carbons (Fsp3) is 0.346. The second-order valence-electron chi connectivity index (χ2n) is 7.97. The number of fused-ring (bicyclic) bond motifs is 1. The molecule has 7 nitrogen and oxygen atoms in total.